The second kappa shape index (κ2) is 9.21. The van der Waals surface area contributed by atoms with Crippen LogP contribution in [-0.4, -0.2) is 77.8 Å². The van der Waals surface area contributed by atoms with Crippen LogP contribution in [0.3, 0.4) is 0 Å². The number of piperazine rings is 1. The van der Waals surface area contributed by atoms with Gasteiger partial charge in [-0.05, 0) is 18.9 Å². The van der Waals surface area contributed by atoms with Crippen molar-refractivity contribution >= 4 is 35.8 Å². The van der Waals surface area contributed by atoms with Crippen LogP contribution in [-0.2, 0) is 16.1 Å². The molecule has 0 aliphatic carbocycles. The molecule has 3 rings (SSSR count). The first kappa shape index (κ1) is 19.0. The number of H-pyrrole nitrogens is 1. The van der Waals surface area contributed by atoms with E-state index in [9.17, 15) is 4.79 Å². The Kier molecular flexibility index (Phi) is 7.28. The number of nitrogens with zero attached hydrogens (tertiary/aromatic N) is 4. The van der Waals surface area contributed by atoms with Crippen molar-refractivity contribution in [3.8, 4) is 0 Å². The number of amides is 1. The molecular formula is C15H25IN6O2. The Labute approximate surface area is 159 Å². The zero-order valence-corrected chi connectivity index (χ0v) is 16.2. The zero-order valence-electron chi connectivity index (χ0n) is 13.9. The Morgan fingerprint density at radius 3 is 2.75 bits per heavy atom. The van der Waals surface area contributed by atoms with Crippen LogP contribution in [0.2, 0.25) is 0 Å². The maximum absolute atomic E-state index is 12.4. The number of hydrogen-bond acceptors (Lipinski definition) is 4. The van der Waals surface area contributed by atoms with Crippen LogP contribution >= 0.6 is 24.0 Å². The maximum atomic E-state index is 12.4. The predicted molar refractivity (Wildman–Crippen MR) is 101 cm³/mol. The monoisotopic (exact) mass is 448 g/mol. The van der Waals surface area contributed by atoms with Crippen molar-refractivity contribution in [2.75, 3.05) is 39.8 Å². The van der Waals surface area contributed by atoms with Crippen LogP contribution in [0.1, 0.15) is 18.5 Å². The fourth-order valence-electron chi connectivity index (χ4n) is 3.00. The van der Waals surface area contributed by atoms with Gasteiger partial charge in [-0.2, -0.15) is 5.10 Å². The van der Waals surface area contributed by atoms with E-state index < -0.39 is 0 Å². The molecule has 0 spiro atoms. The average Bonchev–Trinajstić information content (AvgIpc) is 3.29. The van der Waals surface area contributed by atoms with E-state index in [2.05, 4.69) is 25.4 Å². The first-order valence-electron chi connectivity index (χ1n) is 8.12. The van der Waals surface area contributed by atoms with Gasteiger partial charge in [0.1, 0.15) is 6.10 Å². The highest BCUT2D eigenvalue weighted by atomic mass is 127. The summed E-state index contributed by atoms with van der Waals surface area (Å²) in [6.45, 7) is 4.34. The van der Waals surface area contributed by atoms with E-state index in [0.717, 1.165) is 37.6 Å². The van der Waals surface area contributed by atoms with E-state index in [1.165, 1.54) is 0 Å². The van der Waals surface area contributed by atoms with Crippen LogP contribution < -0.4 is 5.32 Å². The van der Waals surface area contributed by atoms with Gasteiger partial charge in [-0.25, -0.2) is 0 Å². The molecule has 1 aromatic heterocycles. The average molecular weight is 448 g/mol. The molecule has 2 fully saturated rings. The Bertz CT molecular complexity index is 536. The van der Waals surface area contributed by atoms with Crippen LogP contribution in [0.15, 0.2) is 17.3 Å². The largest absolute Gasteiger partial charge is 0.368 e. The second-order valence-electron chi connectivity index (χ2n) is 5.80. The van der Waals surface area contributed by atoms with Gasteiger partial charge >= 0.3 is 0 Å². The summed E-state index contributed by atoms with van der Waals surface area (Å²) in [5.74, 6) is 0.992. The van der Waals surface area contributed by atoms with E-state index in [-0.39, 0.29) is 36.0 Å². The SMILES string of the molecule is CN=C(NCc1ccn[nH]1)N1CCN(C(=O)C2CCCO2)CC1.I. The summed E-state index contributed by atoms with van der Waals surface area (Å²) in [5, 5.41) is 10.2. The lowest BCUT2D eigenvalue weighted by molar-refractivity contribution is -0.142. The topological polar surface area (TPSA) is 85.9 Å². The molecule has 2 N–H and O–H groups in total. The molecule has 0 radical (unpaired) electrons. The van der Waals surface area contributed by atoms with Crippen LogP contribution in [0.4, 0.5) is 0 Å². The third-order valence-electron chi connectivity index (χ3n) is 4.30. The van der Waals surface area contributed by atoms with Crippen LogP contribution in [0, 0.1) is 0 Å². The van der Waals surface area contributed by atoms with Crippen LogP contribution in [0.25, 0.3) is 0 Å². The molecule has 0 bridgehead atoms. The third kappa shape index (κ3) is 4.59. The lowest BCUT2D eigenvalue weighted by Gasteiger charge is -2.37. The highest BCUT2D eigenvalue weighted by Gasteiger charge is 2.30. The first-order valence-corrected chi connectivity index (χ1v) is 8.12. The van der Waals surface area contributed by atoms with E-state index in [1.807, 2.05) is 11.0 Å². The Hall–Kier alpha value is -1.36. The van der Waals surface area contributed by atoms with Crippen molar-refractivity contribution in [3.63, 3.8) is 0 Å². The standard InChI is InChI=1S/C15H24N6O2.HI/c1-16-15(17-11-12-4-5-18-19-12)21-8-6-20(7-9-21)14(22)13-3-2-10-23-13;/h4-5,13H,2-3,6-11H2,1H3,(H,16,17)(H,18,19);1H. The van der Waals surface area contributed by atoms with Crippen molar-refractivity contribution in [1.29, 1.82) is 0 Å². The lowest BCUT2D eigenvalue weighted by atomic mass is 10.2. The van der Waals surface area contributed by atoms with Gasteiger partial charge in [0.05, 0.1) is 12.2 Å². The number of nitrogens with one attached hydrogen (secondary N) is 2. The molecule has 8 nitrogen and oxygen atoms in total. The molecule has 0 aromatic carbocycles. The highest BCUT2D eigenvalue weighted by molar-refractivity contribution is 14.0. The molecular weight excluding hydrogens is 423 g/mol. The first-order chi connectivity index (χ1) is 11.3. The van der Waals surface area contributed by atoms with E-state index in [1.54, 1.807) is 13.2 Å². The number of rotatable bonds is 3. The van der Waals surface area contributed by atoms with Gasteiger partial charge in [0.25, 0.3) is 5.91 Å². The second-order valence-corrected chi connectivity index (χ2v) is 5.80. The normalized spacial score (nSPS) is 21.5. The Morgan fingerprint density at radius 2 is 2.17 bits per heavy atom. The molecule has 1 aromatic rings. The van der Waals surface area contributed by atoms with Crippen molar-refractivity contribution < 1.29 is 9.53 Å². The van der Waals surface area contributed by atoms with Crippen molar-refractivity contribution in [2.24, 2.45) is 4.99 Å². The molecule has 24 heavy (non-hydrogen) atoms. The van der Waals surface area contributed by atoms with Crippen LogP contribution in [0.5, 0.6) is 0 Å². The summed E-state index contributed by atoms with van der Waals surface area (Å²) in [6, 6.07) is 1.93. The molecule has 3 heterocycles. The zero-order chi connectivity index (χ0) is 16.1. The summed E-state index contributed by atoms with van der Waals surface area (Å²) in [6.07, 6.45) is 3.35. The number of aliphatic imine (C=N–C) groups is 1. The number of hydrogen-bond donors (Lipinski definition) is 2. The van der Waals surface area contributed by atoms with E-state index in [4.69, 9.17) is 4.74 Å². The number of ether oxygens (including phenoxy) is 1. The minimum absolute atomic E-state index is 0. The summed E-state index contributed by atoms with van der Waals surface area (Å²) < 4.78 is 5.49. The molecule has 9 heteroatoms. The van der Waals surface area contributed by atoms with Gasteiger partial charge in [0.15, 0.2) is 5.96 Å². The van der Waals surface area contributed by atoms with Gasteiger partial charge in [-0.15, -0.1) is 24.0 Å². The molecule has 2 aliphatic heterocycles. The Balaban J connectivity index is 0.00000208. The minimum atomic E-state index is -0.223. The molecule has 2 saturated heterocycles. The van der Waals surface area contributed by atoms with Crippen molar-refractivity contribution in [1.82, 2.24) is 25.3 Å². The van der Waals surface area contributed by atoms with Gasteiger partial charge in [-0.1, -0.05) is 0 Å². The molecule has 2 aliphatic rings. The van der Waals surface area contributed by atoms with Gasteiger partial charge in [0.2, 0.25) is 0 Å². The van der Waals surface area contributed by atoms with Crippen molar-refractivity contribution in [3.05, 3.63) is 18.0 Å². The lowest BCUT2D eigenvalue weighted by Crippen LogP contribution is -2.55. The number of guanidine groups is 1. The fraction of sp³-hybridized carbons (Fsp3) is 0.667. The number of carbonyl (C=O) groups is 1. The van der Waals surface area contributed by atoms with E-state index >= 15 is 0 Å². The number of aromatic amines is 1. The minimum Gasteiger partial charge on any atom is -0.368 e. The van der Waals surface area contributed by atoms with E-state index in [0.29, 0.717) is 26.2 Å². The highest BCUT2D eigenvalue weighted by Crippen LogP contribution is 2.16. The summed E-state index contributed by atoms with van der Waals surface area (Å²) in [5.41, 5.74) is 1.01. The number of carbonyl (C=O) groups excluding carboxylic acids is 1. The quantitative estimate of drug-likeness (QED) is 0.398. The molecule has 1 amide bonds. The smallest absolute Gasteiger partial charge is 0.251 e. The summed E-state index contributed by atoms with van der Waals surface area (Å²) in [7, 11) is 1.78. The molecule has 1 unspecified atom stereocenters. The molecule has 1 atom stereocenters. The predicted octanol–water partition coefficient (Wildman–Crippen LogP) is 0.426. The Morgan fingerprint density at radius 1 is 1.42 bits per heavy atom. The van der Waals surface area contributed by atoms with Gasteiger partial charge < -0.3 is 19.9 Å². The molecule has 0 saturated carbocycles. The fourth-order valence-corrected chi connectivity index (χ4v) is 3.00. The number of halogens is 1. The van der Waals surface area contributed by atoms with Gasteiger partial charge in [0, 0.05) is 46.0 Å². The third-order valence-corrected chi connectivity index (χ3v) is 4.30. The summed E-state index contributed by atoms with van der Waals surface area (Å²) >= 11 is 0. The van der Waals surface area contributed by atoms with Crippen molar-refractivity contribution in [2.45, 2.75) is 25.5 Å². The molecule has 134 valence electrons. The maximum Gasteiger partial charge on any atom is 0.251 e. The van der Waals surface area contributed by atoms with Gasteiger partial charge in [-0.3, -0.25) is 14.9 Å². The summed E-state index contributed by atoms with van der Waals surface area (Å²) in [4.78, 5) is 20.8. The number of aromatic nitrogens is 2.